The maximum Gasteiger partial charge on any atom is 0.234 e. The van der Waals surface area contributed by atoms with Gasteiger partial charge in [0.2, 0.25) is 11.8 Å². The fraction of sp³-hybridized carbons (Fsp3) is 0.895. The smallest absolute Gasteiger partial charge is 0.234 e. The van der Waals surface area contributed by atoms with Gasteiger partial charge in [-0.2, -0.15) is 0 Å². The normalized spacial score (nSPS) is 23.2. The van der Waals surface area contributed by atoms with Crippen LogP contribution in [0, 0.1) is 17.8 Å². The summed E-state index contributed by atoms with van der Waals surface area (Å²) in [5, 5.41) is 0. The molecule has 6 atom stereocenters. The van der Waals surface area contributed by atoms with Crippen molar-refractivity contribution in [3.05, 3.63) is 0 Å². The molecule has 1 N–H and O–H groups in total. The van der Waals surface area contributed by atoms with Crippen molar-refractivity contribution in [2.75, 3.05) is 20.8 Å². The molecule has 0 bridgehead atoms. The molecule has 2 amide bonds. The topological polar surface area (TPSA) is 67.9 Å². The molecule has 26 heavy (non-hydrogen) atoms. The zero-order valence-corrected chi connectivity index (χ0v) is 19.1. The number of halogens is 1. The molecular formula is C19H35IN2O4. The van der Waals surface area contributed by atoms with Crippen LogP contribution < -0.4 is 3.53 Å². The Kier molecular flexibility index (Phi) is 10.4. The van der Waals surface area contributed by atoms with Gasteiger partial charge in [-0.3, -0.25) is 13.1 Å². The number of hydrogen-bond acceptors (Lipinski definition) is 4. The van der Waals surface area contributed by atoms with E-state index in [0.29, 0.717) is 18.3 Å². The molecule has 0 aromatic carbocycles. The molecule has 152 valence electrons. The van der Waals surface area contributed by atoms with Gasteiger partial charge in [0.15, 0.2) is 0 Å². The Morgan fingerprint density at radius 1 is 1.23 bits per heavy atom. The Hall–Kier alpha value is -0.410. The number of amides is 2. The van der Waals surface area contributed by atoms with Gasteiger partial charge in [0.1, 0.15) is 0 Å². The third kappa shape index (κ3) is 5.79. The molecule has 0 aliphatic carbocycles. The van der Waals surface area contributed by atoms with E-state index in [-0.39, 0.29) is 36.0 Å². The molecule has 0 saturated carbocycles. The summed E-state index contributed by atoms with van der Waals surface area (Å²) in [5.74, 6) is 0.529. The van der Waals surface area contributed by atoms with Gasteiger partial charge in [0.05, 0.1) is 53.5 Å². The zero-order valence-electron chi connectivity index (χ0n) is 17.0. The third-order valence-corrected chi connectivity index (χ3v) is 6.61. The Labute approximate surface area is 172 Å². The molecule has 1 rings (SSSR count). The highest BCUT2D eigenvalue weighted by molar-refractivity contribution is 14.1. The molecule has 2 unspecified atom stereocenters. The summed E-state index contributed by atoms with van der Waals surface area (Å²) >= 11 is 1.85. The summed E-state index contributed by atoms with van der Waals surface area (Å²) in [6, 6.07) is -0.0624. The van der Waals surface area contributed by atoms with Gasteiger partial charge in [0.25, 0.3) is 0 Å². The van der Waals surface area contributed by atoms with Crippen LogP contribution in [-0.2, 0) is 19.1 Å². The largest absolute Gasteiger partial charge is 0.381 e. The maximum absolute atomic E-state index is 13.0. The van der Waals surface area contributed by atoms with Crippen LogP contribution in [0.15, 0.2) is 0 Å². The van der Waals surface area contributed by atoms with E-state index >= 15 is 0 Å². The second-order valence-electron chi connectivity index (χ2n) is 7.47. The third-order valence-electron chi connectivity index (χ3n) is 6.08. The molecule has 1 aliphatic rings. The van der Waals surface area contributed by atoms with Gasteiger partial charge in [-0.15, -0.1) is 0 Å². The Balaban J connectivity index is 2.84. The van der Waals surface area contributed by atoms with E-state index in [1.807, 2.05) is 34.7 Å². The first-order chi connectivity index (χ1) is 12.3. The lowest BCUT2D eigenvalue weighted by Crippen LogP contribution is -2.49. The second-order valence-corrected chi connectivity index (χ2v) is 8.01. The molecule has 0 radical (unpaired) electrons. The molecule has 6 nitrogen and oxygen atoms in total. The molecule has 0 aromatic heterocycles. The molecule has 7 heteroatoms. The van der Waals surface area contributed by atoms with Crippen LogP contribution in [-0.4, -0.2) is 55.7 Å². The number of carbonyl (C=O) groups excluding carboxylic acids is 2. The molecule has 1 heterocycles. The van der Waals surface area contributed by atoms with Gasteiger partial charge >= 0.3 is 0 Å². The Morgan fingerprint density at radius 2 is 1.88 bits per heavy atom. The first kappa shape index (κ1) is 23.6. The average molecular weight is 482 g/mol. The standard InChI is InChI=1S/C19H35IN2O4/c1-7-12(2)13(3)16(25-5)11-17(23)22-10-8-9-15(22)18(26-6)14(4)19(24)21-20/h12-16,18H,7-11H2,1-6H3,(H,21,24)/t12-,13-,14?,15-,16+,18?/m0/s1. The van der Waals surface area contributed by atoms with Crippen molar-refractivity contribution in [3.8, 4) is 0 Å². The van der Waals surface area contributed by atoms with Crippen LogP contribution >= 0.6 is 22.9 Å². The van der Waals surface area contributed by atoms with E-state index in [9.17, 15) is 9.59 Å². The van der Waals surface area contributed by atoms with E-state index in [4.69, 9.17) is 9.47 Å². The van der Waals surface area contributed by atoms with Crippen molar-refractivity contribution in [1.29, 1.82) is 0 Å². The number of nitrogens with one attached hydrogen (secondary N) is 1. The lowest BCUT2D eigenvalue weighted by molar-refractivity contribution is -0.142. The number of methoxy groups -OCH3 is 2. The minimum atomic E-state index is -0.312. The van der Waals surface area contributed by atoms with Gasteiger partial charge in [-0.05, 0) is 24.7 Å². The van der Waals surface area contributed by atoms with Crippen molar-refractivity contribution < 1.29 is 19.1 Å². The Bertz CT molecular complexity index is 463. The van der Waals surface area contributed by atoms with Gasteiger partial charge in [-0.25, -0.2) is 0 Å². The first-order valence-electron chi connectivity index (χ1n) is 9.57. The zero-order chi connectivity index (χ0) is 19.9. The lowest BCUT2D eigenvalue weighted by Gasteiger charge is -2.35. The highest BCUT2D eigenvalue weighted by Crippen LogP contribution is 2.29. The predicted octanol–water partition coefficient (Wildman–Crippen LogP) is 3.18. The maximum atomic E-state index is 13.0. The van der Waals surface area contributed by atoms with Crippen LogP contribution in [0.4, 0.5) is 0 Å². The lowest BCUT2D eigenvalue weighted by atomic mass is 9.87. The van der Waals surface area contributed by atoms with E-state index in [1.165, 1.54) is 0 Å². The van der Waals surface area contributed by atoms with Crippen molar-refractivity contribution >= 4 is 34.7 Å². The summed E-state index contributed by atoms with van der Waals surface area (Å²) in [6.07, 6.45) is 2.85. The highest BCUT2D eigenvalue weighted by atomic mass is 127. The fourth-order valence-corrected chi connectivity index (χ4v) is 4.38. The summed E-state index contributed by atoms with van der Waals surface area (Å²) in [6.45, 7) is 9.09. The fourth-order valence-electron chi connectivity index (χ4n) is 3.88. The minimum Gasteiger partial charge on any atom is -0.381 e. The van der Waals surface area contributed by atoms with Crippen molar-refractivity contribution in [2.45, 2.75) is 71.6 Å². The summed E-state index contributed by atoms with van der Waals surface area (Å²) in [4.78, 5) is 27.0. The number of ether oxygens (including phenoxy) is 2. The van der Waals surface area contributed by atoms with Crippen molar-refractivity contribution in [2.24, 2.45) is 17.8 Å². The quantitative estimate of drug-likeness (QED) is 0.384. The minimum absolute atomic E-state index is 0.0624. The molecule has 0 spiro atoms. The molecular weight excluding hydrogens is 447 g/mol. The number of hydrogen-bond donors (Lipinski definition) is 1. The summed E-state index contributed by atoms with van der Waals surface area (Å²) in [5.41, 5.74) is 0. The van der Waals surface area contributed by atoms with Crippen molar-refractivity contribution in [3.63, 3.8) is 0 Å². The van der Waals surface area contributed by atoms with Gasteiger partial charge in [-0.1, -0.05) is 34.1 Å². The highest BCUT2D eigenvalue weighted by Gasteiger charge is 2.40. The van der Waals surface area contributed by atoms with Crippen LogP contribution in [0.5, 0.6) is 0 Å². The van der Waals surface area contributed by atoms with Crippen LogP contribution in [0.3, 0.4) is 0 Å². The van der Waals surface area contributed by atoms with E-state index in [0.717, 1.165) is 25.8 Å². The summed E-state index contributed by atoms with van der Waals surface area (Å²) in [7, 11) is 3.30. The van der Waals surface area contributed by atoms with Gasteiger partial charge < -0.3 is 14.4 Å². The average Bonchev–Trinajstić information content (AvgIpc) is 3.13. The first-order valence-corrected chi connectivity index (χ1v) is 10.7. The number of rotatable bonds is 10. The second kappa shape index (κ2) is 11.4. The Morgan fingerprint density at radius 3 is 2.38 bits per heavy atom. The van der Waals surface area contributed by atoms with Crippen LogP contribution in [0.1, 0.15) is 53.4 Å². The van der Waals surface area contributed by atoms with Crippen LogP contribution in [0.2, 0.25) is 0 Å². The van der Waals surface area contributed by atoms with E-state index < -0.39 is 0 Å². The number of nitrogens with zero attached hydrogens (tertiary/aromatic N) is 1. The monoisotopic (exact) mass is 482 g/mol. The molecule has 0 aromatic rings. The SMILES string of the molecule is CC[C@H](C)[C@H](C)[C@@H](CC(=O)N1CCC[C@H]1C(OC)C(C)C(=O)NI)OC. The molecule has 1 aliphatic heterocycles. The van der Waals surface area contributed by atoms with Gasteiger partial charge in [0, 0.05) is 20.8 Å². The molecule has 1 saturated heterocycles. The number of carbonyl (C=O) groups is 2. The summed E-state index contributed by atoms with van der Waals surface area (Å²) < 4.78 is 13.9. The predicted molar refractivity (Wildman–Crippen MR) is 111 cm³/mol. The van der Waals surface area contributed by atoms with E-state index in [1.54, 1.807) is 14.2 Å². The number of likely N-dealkylation sites (tertiary alicyclic amines) is 1. The van der Waals surface area contributed by atoms with E-state index in [2.05, 4.69) is 24.3 Å². The van der Waals surface area contributed by atoms with Crippen molar-refractivity contribution in [1.82, 2.24) is 8.43 Å². The van der Waals surface area contributed by atoms with Crippen LogP contribution in [0.25, 0.3) is 0 Å². The molecule has 1 fully saturated rings.